The first-order chi connectivity index (χ1) is 7.24. The number of hydrogen-bond donors (Lipinski definition) is 2. The Morgan fingerprint density at radius 1 is 1.33 bits per heavy atom. The normalized spacial score (nSPS) is 10.2. The van der Waals surface area contributed by atoms with Crippen LogP contribution in [0, 0.1) is 0 Å². The van der Waals surface area contributed by atoms with Gasteiger partial charge < -0.3 is 11.1 Å². The van der Waals surface area contributed by atoms with E-state index in [-0.39, 0.29) is 0 Å². The summed E-state index contributed by atoms with van der Waals surface area (Å²) < 4.78 is 5.08. The standard InChI is InChI=1S/C10H10BrN3S/c11-8-3-1-7(2-4-8)6-13-10-5-9(12)14-15-10/h1-5,13H,6H2,(H2,12,14). The van der Waals surface area contributed by atoms with Crippen LogP contribution in [-0.2, 0) is 6.54 Å². The summed E-state index contributed by atoms with van der Waals surface area (Å²) >= 11 is 4.78. The lowest BCUT2D eigenvalue weighted by Gasteiger charge is -2.02. The van der Waals surface area contributed by atoms with Gasteiger partial charge in [0.15, 0.2) is 0 Å². The highest BCUT2D eigenvalue weighted by atomic mass is 79.9. The van der Waals surface area contributed by atoms with Crippen molar-refractivity contribution >= 4 is 38.3 Å². The van der Waals surface area contributed by atoms with E-state index < -0.39 is 0 Å². The molecule has 0 aliphatic heterocycles. The summed E-state index contributed by atoms with van der Waals surface area (Å²) in [7, 11) is 0. The number of anilines is 2. The molecule has 1 aromatic carbocycles. The van der Waals surface area contributed by atoms with Crippen molar-refractivity contribution in [3.05, 3.63) is 40.4 Å². The lowest BCUT2D eigenvalue weighted by atomic mass is 10.2. The van der Waals surface area contributed by atoms with Crippen LogP contribution in [0.4, 0.5) is 10.8 Å². The molecule has 0 bridgehead atoms. The Balaban J connectivity index is 1.96. The molecule has 0 saturated heterocycles. The maximum Gasteiger partial charge on any atom is 0.139 e. The Morgan fingerprint density at radius 2 is 2.07 bits per heavy atom. The van der Waals surface area contributed by atoms with Gasteiger partial charge in [0.05, 0.1) is 0 Å². The van der Waals surface area contributed by atoms with Crippen LogP contribution in [-0.4, -0.2) is 4.37 Å². The maximum atomic E-state index is 5.52. The van der Waals surface area contributed by atoms with Gasteiger partial charge in [-0.2, -0.15) is 4.37 Å². The molecule has 2 rings (SSSR count). The van der Waals surface area contributed by atoms with Gasteiger partial charge in [0.1, 0.15) is 10.8 Å². The zero-order valence-electron chi connectivity index (χ0n) is 7.90. The summed E-state index contributed by atoms with van der Waals surface area (Å²) in [5.74, 6) is 0.568. The van der Waals surface area contributed by atoms with E-state index in [1.807, 2.05) is 18.2 Å². The van der Waals surface area contributed by atoms with Crippen molar-refractivity contribution in [1.29, 1.82) is 0 Å². The highest BCUT2D eigenvalue weighted by Gasteiger charge is 1.98. The van der Waals surface area contributed by atoms with Crippen molar-refractivity contribution < 1.29 is 0 Å². The number of nitrogen functional groups attached to an aromatic ring is 1. The van der Waals surface area contributed by atoms with Gasteiger partial charge in [-0.25, -0.2) is 0 Å². The molecule has 1 aromatic heterocycles. The van der Waals surface area contributed by atoms with Gasteiger partial charge in [-0.1, -0.05) is 28.1 Å². The van der Waals surface area contributed by atoms with Crippen molar-refractivity contribution in [1.82, 2.24) is 4.37 Å². The number of nitrogens with two attached hydrogens (primary N) is 1. The molecule has 0 aliphatic rings. The minimum Gasteiger partial charge on any atom is -0.383 e. The maximum absolute atomic E-state index is 5.52. The van der Waals surface area contributed by atoms with Gasteiger partial charge in [-0.05, 0) is 29.2 Å². The van der Waals surface area contributed by atoms with Crippen molar-refractivity contribution in [3.63, 3.8) is 0 Å². The van der Waals surface area contributed by atoms with Crippen LogP contribution in [0.5, 0.6) is 0 Å². The average Bonchev–Trinajstić information content (AvgIpc) is 2.64. The first-order valence-electron chi connectivity index (χ1n) is 4.44. The minimum absolute atomic E-state index is 0.568. The molecule has 5 heteroatoms. The SMILES string of the molecule is Nc1cc(NCc2ccc(Br)cc2)sn1. The van der Waals surface area contributed by atoms with E-state index >= 15 is 0 Å². The second kappa shape index (κ2) is 4.63. The van der Waals surface area contributed by atoms with E-state index in [1.54, 1.807) is 0 Å². The number of aromatic nitrogens is 1. The number of nitrogens with zero attached hydrogens (tertiary/aromatic N) is 1. The molecule has 0 spiro atoms. The third kappa shape index (κ3) is 2.94. The number of halogens is 1. The molecule has 78 valence electrons. The molecule has 0 amide bonds. The highest BCUT2D eigenvalue weighted by molar-refractivity contribution is 9.10. The molecular weight excluding hydrogens is 274 g/mol. The Morgan fingerprint density at radius 3 is 2.67 bits per heavy atom. The van der Waals surface area contributed by atoms with Crippen LogP contribution in [0.2, 0.25) is 0 Å². The van der Waals surface area contributed by atoms with E-state index in [0.717, 1.165) is 16.0 Å². The van der Waals surface area contributed by atoms with Crippen LogP contribution in [0.1, 0.15) is 5.56 Å². The average molecular weight is 284 g/mol. The lowest BCUT2D eigenvalue weighted by molar-refractivity contribution is 1.16. The smallest absolute Gasteiger partial charge is 0.139 e. The minimum atomic E-state index is 0.568. The van der Waals surface area contributed by atoms with E-state index in [0.29, 0.717) is 5.82 Å². The van der Waals surface area contributed by atoms with Crippen molar-refractivity contribution in [2.24, 2.45) is 0 Å². The van der Waals surface area contributed by atoms with E-state index in [9.17, 15) is 0 Å². The number of nitrogens with one attached hydrogen (secondary N) is 1. The van der Waals surface area contributed by atoms with Gasteiger partial charge in [0.25, 0.3) is 0 Å². The molecule has 0 aliphatic carbocycles. The van der Waals surface area contributed by atoms with Crippen LogP contribution >= 0.6 is 27.5 Å². The Kier molecular flexibility index (Phi) is 3.23. The van der Waals surface area contributed by atoms with Crippen LogP contribution in [0.15, 0.2) is 34.8 Å². The molecular formula is C10H10BrN3S. The Labute approximate surface area is 101 Å². The summed E-state index contributed by atoms with van der Waals surface area (Å²) in [4.78, 5) is 0. The summed E-state index contributed by atoms with van der Waals surface area (Å²) in [5, 5.41) is 4.26. The quantitative estimate of drug-likeness (QED) is 0.910. The van der Waals surface area contributed by atoms with Gasteiger partial charge >= 0.3 is 0 Å². The van der Waals surface area contributed by atoms with Gasteiger partial charge in [-0.3, -0.25) is 0 Å². The van der Waals surface area contributed by atoms with E-state index in [1.165, 1.54) is 17.1 Å². The summed E-state index contributed by atoms with van der Waals surface area (Å²) in [6, 6.07) is 10.0. The van der Waals surface area contributed by atoms with Crippen molar-refractivity contribution in [2.45, 2.75) is 6.54 Å². The zero-order chi connectivity index (χ0) is 10.7. The monoisotopic (exact) mass is 283 g/mol. The van der Waals surface area contributed by atoms with Gasteiger partial charge in [0.2, 0.25) is 0 Å². The fourth-order valence-corrected chi connectivity index (χ4v) is 1.99. The van der Waals surface area contributed by atoms with Crippen molar-refractivity contribution in [2.75, 3.05) is 11.1 Å². The van der Waals surface area contributed by atoms with Crippen LogP contribution < -0.4 is 11.1 Å². The highest BCUT2D eigenvalue weighted by Crippen LogP contribution is 2.18. The van der Waals surface area contributed by atoms with E-state index in [4.69, 9.17) is 5.73 Å². The molecule has 0 unspecified atom stereocenters. The molecule has 3 nitrogen and oxygen atoms in total. The fraction of sp³-hybridized carbons (Fsp3) is 0.100. The molecule has 0 atom stereocenters. The second-order valence-corrected chi connectivity index (χ2v) is 4.82. The predicted octanol–water partition coefficient (Wildman–Crippen LogP) is 3.10. The second-order valence-electron chi connectivity index (χ2n) is 3.10. The number of hydrogen-bond acceptors (Lipinski definition) is 4. The first-order valence-corrected chi connectivity index (χ1v) is 6.01. The third-order valence-corrected chi connectivity index (χ3v) is 3.20. The molecule has 0 saturated carbocycles. The fourth-order valence-electron chi connectivity index (χ4n) is 1.16. The Hall–Kier alpha value is -1.07. The molecule has 2 aromatic rings. The van der Waals surface area contributed by atoms with Crippen LogP contribution in [0.3, 0.4) is 0 Å². The summed E-state index contributed by atoms with van der Waals surface area (Å²) in [6.45, 7) is 0.787. The third-order valence-electron chi connectivity index (χ3n) is 1.91. The lowest BCUT2D eigenvalue weighted by Crippen LogP contribution is -1.96. The zero-order valence-corrected chi connectivity index (χ0v) is 10.3. The molecule has 1 heterocycles. The first kappa shape index (κ1) is 10.4. The van der Waals surface area contributed by atoms with Crippen molar-refractivity contribution in [3.8, 4) is 0 Å². The van der Waals surface area contributed by atoms with Gasteiger partial charge in [-0.15, -0.1) is 0 Å². The Bertz CT molecular complexity index is 438. The molecule has 0 fully saturated rings. The van der Waals surface area contributed by atoms with Gasteiger partial charge in [0, 0.05) is 17.1 Å². The largest absolute Gasteiger partial charge is 0.383 e. The summed E-state index contributed by atoms with van der Waals surface area (Å²) in [6.07, 6.45) is 0. The molecule has 3 N–H and O–H groups in total. The topological polar surface area (TPSA) is 50.9 Å². The predicted molar refractivity (Wildman–Crippen MR) is 68.0 cm³/mol. The summed E-state index contributed by atoms with van der Waals surface area (Å²) in [5.41, 5.74) is 6.75. The number of rotatable bonds is 3. The molecule has 0 radical (unpaired) electrons. The van der Waals surface area contributed by atoms with E-state index in [2.05, 4.69) is 37.8 Å². The number of benzene rings is 1. The van der Waals surface area contributed by atoms with Crippen LogP contribution in [0.25, 0.3) is 0 Å². The molecule has 15 heavy (non-hydrogen) atoms.